The number of likely N-dealkylation sites (tertiary alicyclic amines) is 1. The van der Waals surface area contributed by atoms with E-state index >= 15 is 0 Å². The Bertz CT molecular complexity index is 260. The second-order valence-corrected chi connectivity index (χ2v) is 7.28. The number of nitrogens with one attached hydrogen (secondary N) is 1. The van der Waals surface area contributed by atoms with Crippen molar-refractivity contribution >= 4 is 0 Å². The Balaban J connectivity index is 1.73. The van der Waals surface area contributed by atoms with Crippen molar-refractivity contribution in [1.82, 2.24) is 10.2 Å². The van der Waals surface area contributed by atoms with Crippen LogP contribution in [-0.4, -0.2) is 36.6 Å². The number of nitrogens with zero attached hydrogens (tertiary/aromatic N) is 1. The van der Waals surface area contributed by atoms with Gasteiger partial charge in [0, 0.05) is 12.1 Å². The van der Waals surface area contributed by atoms with Crippen molar-refractivity contribution in [1.29, 1.82) is 0 Å². The Hall–Kier alpha value is -0.0800. The van der Waals surface area contributed by atoms with Crippen LogP contribution in [0.3, 0.4) is 0 Å². The van der Waals surface area contributed by atoms with Crippen LogP contribution in [0.1, 0.15) is 72.1 Å². The molecule has 0 radical (unpaired) electrons. The molecule has 118 valence electrons. The van der Waals surface area contributed by atoms with Crippen molar-refractivity contribution in [3.63, 3.8) is 0 Å². The van der Waals surface area contributed by atoms with Crippen molar-refractivity contribution < 1.29 is 0 Å². The summed E-state index contributed by atoms with van der Waals surface area (Å²) < 4.78 is 0. The van der Waals surface area contributed by atoms with Crippen LogP contribution >= 0.6 is 0 Å². The topological polar surface area (TPSA) is 15.3 Å². The summed E-state index contributed by atoms with van der Waals surface area (Å²) in [6.45, 7) is 11.0. The van der Waals surface area contributed by atoms with E-state index in [-0.39, 0.29) is 0 Å². The maximum Gasteiger partial charge on any atom is 0.0120 e. The minimum absolute atomic E-state index is 0.746. The molecule has 3 unspecified atom stereocenters. The van der Waals surface area contributed by atoms with Crippen LogP contribution in [0.25, 0.3) is 0 Å². The molecule has 1 aliphatic heterocycles. The average Bonchev–Trinajstić information content (AvgIpc) is 2.49. The fourth-order valence-corrected chi connectivity index (χ4v) is 4.20. The Morgan fingerprint density at radius 1 is 1.05 bits per heavy atom. The van der Waals surface area contributed by atoms with Gasteiger partial charge in [0.15, 0.2) is 0 Å². The summed E-state index contributed by atoms with van der Waals surface area (Å²) in [5.74, 6) is 1.82. The summed E-state index contributed by atoms with van der Waals surface area (Å²) in [7, 11) is 0. The van der Waals surface area contributed by atoms with Gasteiger partial charge < -0.3 is 10.2 Å². The lowest BCUT2D eigenvalue weighted by atomic mass is 9.84. The second kappa shape index (κ2) is 8.38. The van der Waals surface area contributed by atoms with Gasteiger partial charge in [0.05, 0.1) is 0 Å². The summed E-state index contributed by atoms with van der Waals surface area (Å²) in [6, 6.07) is 1.50. The molecule has 2 heteroatoms. The van der Waals surface area contributed by atoms with E-state index in [9.17, 15) is 0 Å². The summed E-state index contributed by atoms with van der Waals surface area (Å²) >= 11 is 0. The van der Waals surface area contributed by atoms with Crippen LogP contribution in [0.15, 0.2) is 0 Å². The molecule has 2 rings (SSSR count). The molecule has 0 aromatic rings. The maximum atomic E-state index is 3.75. The minimum atomic E-state index is 0.746. The first-order valence-corrected chi connectivity index (χ1v) is 9.19. The van der Waals surface area contributed by atoms with Crippen LogP contribution in [0, 0.1) is 11.8 Å². The Labute approximate surface area is 126 Å². The van der Waals surface area contributed by atoms with Crippen LogP contribution < -0.4 is 5.32 Å². The van der Waals surface area contributed by atoms with Gasteiger partial charge in [0.2, 0.25) is 0 Å². The molecule has 2 aliphatic rings. The standard InChI is InChI=1S/C18H36N2/c1-4-12-19-18-11-14-20(16(3)15(18)2)13-10-17-8-6-5-7-9-17/h15-19H,4-14H2,1-3H3. The lowest BCUT2D eigenvalue weighted by Crippen LogP contribution is -2.53. The van der Waals surface area contributed by atoms with Crippen molar-refractivity contribution in [2.24, 2.45) is 11.8 Å². The molecule has 0 aromatic heterocycles. The molecule has 1 saturated carbocycles. The summed E-state index contributed by atoms with van der Waals surface area (Å²) in [4.78, 5) is 2.77. The number of rotatable bonds is 6. The monoisotopic (exact) mass is 280 g/mol. The molecule has 0 spiro atoms. The summed E-state index contributed by atoms with van der Waals surface area (Å²) in [6.07, 6.45) is 11.5. The lowest BCUT2D eigenvalue weighted by Gasteiger charge is -2.43. The molecule has 2 nitrogen and oxygen atoms in total. The van der Waals surface area contributed by atoms with Crippen LogP contribution in [-0.2, 0) is 0 Å². The molecule has 20 heavy (non-hydrogen) atoms. The normalized spacial score (nSPS) is 33.5. The third-order valence-electron chi connectivity index (χ3n) is 5.90. The highest BCUT2D eigenvalue weighted by atomic mass is 15.2. The number of hydrogen-bond acceptors (Lipinski definition) is 2. The lowest BCUT2D eigenvalue weighted by molar-refractivity contribution is 0.0774. The number of hydrogen-bond donors (Lipinski definition) is 1. The quantitative estimate of drug-likeness (QED) is 0.789. The van der Waals surface area contributed by atoms with Gasteiger partial charge in [-0.3, -0.25) is 0 Å². The second-order valence-electron chi connectivity index (χ2n) is 7.28. The molecule has 0 amide bonds. The van der Waals surface area contributed by atoms with E-state index in [1.54, 1.807) is 0 Å². The zero-order chi connectivity index (χ0) is 14.4. The maximum absolute atomic E-state index is 3.75. The molecule has 1 aliphatic carbocycles. The van der Waals surface area contributed by atoms with E-state index in [0.717, 1.165) is 23.9 Å². The van der Waals surface area contributed by atoms with Crippen LogP contribution in [0.5, 0.6) is 0 Å². The van der Waals surface area contributed by atoms with Crippen LogP contribution in [0.4, 0.5) is 0 Å². The first-order chi connectivity index (χ1) is 9.72. The van der Waals surface area contributed by atoms with Gasteiger partial charge in [-0.25, -0.2) is 0 Å². The predicted molar refractivity (Wildman–Crippen MR) is 88.1 cm³/mol. The van der Waals surface area contributed by atoms with Crippen molar-refractivity contribution in [2.45, 2.75) is 84.2 Å². The van der Waals surface area contributed by atoms with Crippen molar-refractivity contribution in [3.8, 4) is 0 Å². The molecule has 2 fully saturated rings. The molecule has 3 atom stereocenters. The van der Waals surface area contributed by atoms with Gasteiger partial charge in [0.25, 0.3) is 0 Å². The highest BCUT2D eigenvalue weighted by molar-refractivity contribution is 4.88. The Morgan fingerprint density at radius 3 is 2.50 bits per heavy atom. The highest BCUT2D eigenvalue weighted by Gasteiger charge is 2.31. The van der Waals surface area contributed by atoms with E-state index in [2.05, 4.69) is 31.0 Å². The van der Waals surface area contributed by atoms with Gasteiger partial charge in [-0.1, -0.05) is 46.0 Å². The molecule has 1 saturated heterocycles. The minimum Gasteiger partial charge on any atom is -0.314 e. The largest absolute Gasteiger partial charge is 0.314 e. The Morgan fingerprint density at radius 2 is 1.80 bits per heavy atom. The SMILES string of the molecule is CCCNC1CCN(CCC2CCCCC2)C(C)C1C. The van der Waals surface area contributed by atoms with E-state index in [0.29, 0.717) is 0 Å². The molecule has 1 heterocycles. The first kappa shape index (κ1) is 16.3. The van der Waals surface area contributed by atoms with Gasteiger partial charge >= 0.3 is 0 Å². The highest BCUT2D eigenvalue weighted by Crippen LogP contribution is 2.29. The van der Waals surface area contributed by atoms with Gasteiger partial charge in [-0.15, -0.1) is 0 Å². The third-order valence-corrected chi connectivity index (χ3v) is 5.90. The van der Waals surface area contributed by atoms with Gasteiger partial charge in [-0.05, 0) is 57.7 Å². The molecule has 1 N–H and O–H groups in total. The molecule has 0 bridgehead atoms. The van der Waals surface area contributed by atoms with Gasteiger partial charge in [0.1, 0.15) is 0 Å². The fourth-order valence-electron chi connectivity index (χ4n) is 4.20. The van der Waals surface area contributed by atoms with Gasteiger partial charge in [-0.2, -0.15) is 0 Å². The van der Waals surface area contributed by atoms with E-state index in [4.69, 9.17) is 0 Å². The Kier molecular flexibility index (Phi) is 6.83. The molecule has 0 aromatic carbocycles. The van der Waals surface area contributed by atoms with E-state index in [1.165, 1.54) is 71.0 Å². The smallest absolute Gasteiger partial charge is 0.0120 e. The first-order valence-electron chi connectivity index (χ1n) is 9.19. The number of piperidine rings is 1. The molecular formula is C18H36N2. The van der Waals surface area contributed by atoms with E-state index < -0.39 is 0 Å². The third kappa shape index (κ3) is 4.46. The summed E-state index contributed by atoms with van der Waals surface area (Å²) in [5.41, 5.74) is 0. The zero-order valence-electron chi connectivity index (χ0n) is 14.0. The predicted octanol–water partition coefficient (Wildman–Crippen LogP) is 4.06. The summed E-state index contributed by atoms with van der Waals surface area (Å²) in [5, 5.41) is 3.75. The van der Waals surface area contributed by atoms with Crippen LogP contribution in [0.2, 0.25) is 0 Å². The fraction of sp³-hybridized carbons (Fsp3) is 1.00. The zero-order valence-corrected chi connectivity index (χ0v) is 14.0. The van der Waals surface area contributed by atoms with Crippen molar-refractivity contribution in [3.05, 3.63) is 0 Å². The van der Waals surface area contributed by atoms with Crippen molar-refractivity contribution in [2.75, 3.05) is 19.6 Å². The average molecular weight is 280 g/mol. The molecular weight excluding hydrogens is 244 g/mol. The van der Waals surface area contributed by atoms with E-state index in [1.807, 2.05) is 0 Å².